The van der Waals surface area contributed by atoms with Gasteiger partial charge in [0.1, 0.15) is 5.82 Å². The minimum absolute atomic E-state index is 0.0221. The average Bonchev–Trinajstić information content (AvgIpc) is 2.72. The molecule has 0 aliphatic rings. The van der Waals surface area contributed by atoms with Crippen LogP contribution in [0.2, 0.25) is 0 Å². The number of halogens is 4. The van der Waals surface area contributed by atoms with Crippen molar-refractivity contribution in [1.29, 1.82) is 0 Å². The van der Waals surface area contributed by atoms with E-state index in [0.29, 0.717) is 0 Å². The smallest absolute Gasteiger partial charge is 0.308 e. The zero-order valence-corrected chi connectivity index (χ0v) is 15.7. The van der Waals surface area contributed by atoms with Gasteiger partial charge < -0.3 is 5.43 Å². The molecule has 13 heteroatoms. The molecule has 0 spiro atoms. The fourth-order valence-corrected chi connectivity index (χ4v) is 3.34. The van der Waals surface area contributed by atoms with Crippen molar-refractivity contribution >= 4 is 15.8 Å². The van der Waals surface area contributed by atoms with Crippen LogP contribution < -0.4 is 21.9 Å². The van der Waals surface area contributed by atoms with E-state index < -0.39 is 33.7 Å². The van der Waals surface area contributed by atoms with Gasteiger partial charge in [0.2, 0.25) is 5.82 Å². The SMILES string of the molecule is NNc1nc(C(F)(F)F)nc(-c2ccc(F)cc2)c1-c1cccc(S(=O)(=O)NN)c1. The zero-order chi connectivity index (χ0) is 22.1. The Morgan fingerprint density at radius 1 is 0.933 bits per heavy atom. The summed E-state index contributed by atoms with van der Waals surface area (Å²) < 4.78 is 77.3. The Bertz CT molecular complexity index is 1180. The topological polar surface area (TPSA) is 136 Å². The van der Waals surface area contributed by atoms with Crippen molar-refractivity contribution in [2.45, 2.75) is 11.1 Å². The lowest BCUT2D eigenvalue weighted by atomic mass is 9.99. The Morgan fingerprint density at radius 3 is 2.17 bits per heavy atom. The summed E-state index contributed by atoms with van der Waals surface area (Å²) in [5.41, 5.74) is 2.09. The number of nitrogens with zero attached hydrogens (tertiary/aromatic N) is 2. The van der Waals surface area contributed by atoms with E-state index in [1.165, 1.54) is 30.3 Å². The number of sulfonamides is 1. The number of hydrogen-bond acceptors (Lipinski definition) is 7. The van der Waals surface area contributed by atoms with Gasteiger partial charge >= 0.3 is 6.18 Å². The first-order valence-corrected chi connectivity index (χ1v) is 9.60. The zero-order valence-electron chi connectivity index (χ0n) is 14.9. The Morgan fingerprint density at radius 2 is 1.60 bits per heavy atom. The highest BCUT2D eigenvalue weighted by Crippen LogP contribution is 2.39. The largest absolute Gasteiger partial charge is 0.451 e. The molecule has 158 valence electrons. The molecule has 1 heterocycles. The predicted octanol–water partition coefficient (Wildman–Crippen LogP) is 2.41. The second-order valence-electron chi connectivity index (χ2n) is 5.92. The second kappa shape index (κ2) is 7.95. The minimum Gasteiger partial charge on any atom is -0.308 e. The van der Waals surface area contributed by atoms with Crippen LogP contribution in [0.15, 0.2) is 53.4 Å². The van der Waals surface area contributed by atoms with E-state index in [0.717, 1.165) is 18.2 Å². The van der Waals surface area contributed by atoms with Crippen LogP contribution in [0, 0.1) is 5.82 Å². The van der Waals surface area contributed by atoms with Crippen LogP contribution in [0.5, 0.6) is 0 Å². The number of nitrogens with two attached hydrogens (primary N) is 2. The van der Waals surface area contributed by atoms with Gasteiger partial charge in [-0.1, -0.05) is 12.1 Å². The lowest BCUT2D eigenvalue weighted by Crippen LogP contribution is -2.30. The van der Waals surface area contributed by atoms with Crippen molar-refractivity contribution in [3.63, 3.8) is 0 Å². The first-order chi connectivity index (χ1) is 14.1. The molecule has 0 aliphatic heterocycles. The van der Waals surface area contributed by atoms with Crippen LogP contribution in [-0.2, 0) is 16.2 Å². The number of hydrogen-bond donors (Lipinski definition) is 4. The lowest BCUT2D eigenvalue weighted by Gasteiger charge is -2.17. The van der Waals surface area contributed by atoms with Crippen LogP contribution in [-0.4, -0.2) is 18.4 Å². The Labute approximate surface area is 167 Å². The molecule has 0 aliphatic carbocycles. The third-order valence-electron chi connectivity index (χ3n) is 4.01. The Hall–Kier alpha value is -3.13. The minimum atomic E-state index is -4.90. The molecule has 0 amide bonds. The fourth-order valence-electron chi connectivity index (χ4n) is 2.67. The number of nitrogen functional groups attached to an aromatic ring is 1. The number of hydrazine groups is 2. The standard InChI is InChI=1S/C17H14F4N6O2S/c18-11-6-4-9(5-7-11)14-13(15(26-22)25-16(24-14)17(19,20)21)10-2-1-3-12(8-10)30(28,29)27-23/h1-8,27H,22-23H2,(H,24,25,26). The number of anilines is 1. The quantitative estimate of drug-likeness (QED) is 0.271. The molecule has 30 heavy (non-hydrogen) atoms. The molecule has 3 aromatic rings. The molecule has 0 saturated heterocycles. The van der Waals surface area contributed by atoms with Gasteiger partial charge in [-0.2, -0.15) is 18.0 Å². The van der Waals surface area contributed by atoms with Gasteiger partial charge in [0.05, 0.1) is 16.2 Å². The normalized spacial score (nSPS) is 12.1. The van der Waals surface area contributed by atoms with Crippen LogP contribution >= 0.6 is 0 Å². The summed E-state index contributed by atoms with van der Waals surface area (Å²) in [4.78, 5) is 8.42. The van der Waals surface area contributed by atoms with E-state index in [2.05, 4.69) is 15.4 Å². The summed E-state index contributed by atoms with van der Waals surface area (Å²) in [6.45, 7) is 0. The van der Waals surface area contributed by atoms with Gasteiger partial charge in [0, 0.05) is 5.56 Å². The van der Waals surface area contributed by atoms with Crippen molar-refractivity contribution < 1.29 is 26.0 Å². The summed E-state index contributed by atoms with van der Waals surface area (Å²) in [7, 11) is -4.06. The number of aromatic nitrogens is 2. The van der Waals surface area contributed by atoms with Crippen LogP contribution in [0.25, 0.3) is 22.4 Å². The van der Waals surface area contributed by atoms with Gasteiger partial charge in [-0.3, -0.25) is 5.84 Å². The summed E-state index contributed by atoms with van der Waals surface area (Å²) in [5, 5.41) is 0. The average molecular weight is 442 g/mol. The highest BCUT2D eigenvalue weighted by Gasteiger charge is 2.36. The monoisotopic (exact) mass is 442 g/mol. The number of benzene rings is 2. The van der Waals surface area contributed by atoms with Gasteiger partial charge in [-0.15, -0.1) is 0 Å². The summed E-state index contributed by atoms with van der Waals surface area (Å²) in [5.74, 6) is 7.94. The highest BCUT2D eigenvalue weighted by atomic mass is 32.2. The number of alkyl halides is 3. The maximum atomic E-state index is 13.3. The molecule has 0 fully saturated rings. The molecule has 0 unspecified atom stereocenters. The van der Waals surface area contributed by atoms with E-state index in [-0.39, 0.29) is 27.3 Å². The molecule has 0 saturated carbocycles. The molecule has 0 radical (unpaired) electrons. The van der Waals surface area contributed by atoms with Crippen molar-refractivity contribution in [2.24, 2.45) is 11.7 Å². The molecule has 0 bridgehead atoms. The van der Waals surface area contributed by atoms with E-state index >= 15 is 0 Å². The fraction of sp³-hybridized carbons (Fsp3) is 0.0588. The highest BCUT2D eigenvalue weighted by molar-refractivity contribution is 7.89. The van der Waals surface area contributed by atoms with Crippen LogP contribution in [0.4, 0.5) is 23.4 Å². The van der Waals surface area contributed by atoms with Gasteiger partial charge in [-0.25, -0.2) is 28.6 Å². The second-order valence-corrected chi connectivity index (χ2v) is 7.63. The van der Waals surface area contributed by atoms with Gasteiger partial charge in [-0.05, 0) is 42.0 Å². The van der Waals surface area contributed by atoms with Crippen LogP contribution in [0.3, 0.4) is 0 Å². The molecular weight excluding hydrogens is 428 g/mol. The first-order valence-electron chi connectivity index (χ1n) is 8.11. The molecule has 1 aromatic heterocycles. The van der Waals surface area contributed by atoms with Crippen molar-refractivity contribution in [1.82, 2.24) is 14.8 Å². The van der Waals surface area contributed by atoms with E-state index in [4.69, 9.17) is 11.7 Å². The molecule has 0 atom stereocenters. The third-order valence-corrected chi connectivity index (χ3v) is 5.19. The van der Waals surface area contributed by atoms with E-state index in [1.54, 1.807) is 4.83 Å². The van der Waals surface area contributed by atoms with E-state index in [9.17, 15) is 26.0 Å². The maximum Gasteiger partial charge on any atom is 0.451 e. The van der Waals surface area contributed by atoms with Gasteiger partial charge in [0.25, 0.3) is 10.0 Å². The lowest BCUT2D eigenvalue weighted by molar-refractivity contribution is -0.144. The first kappa shape index (κ1) is 21.6. The predicted molar refractivity (Wildman–Crippen MR) is 100 cm³/mol. The summed E-state index contributed by atoms with van der Waals surface area (Å²) in [6, 6.07) is 9.72. The molecule has 2 aromatic carbocycles. The van der Waals surface area contributed by atoms with Gasteiger partial charge in [0.15, 0.2) is 5.82 Å². The van der Waals surface area contributed by atoms with Crippen LogP contribution in [0.1, 0.15) is 5.82 Å². The number of rotatable bonds is 5. The summed E-state index contributed by atoms with van der Waals surface area (Å²) >= 11 is 0. The molecule has 3 rings (SSSR count). The van der Waals surface area contributed by atoms with E-state index in [1.807, 2.05) is 0 Å². The van der Waals surface area contributed by atoms with Crippen molar-refractivity contribution in [3.8, 4) is 22.4 Å². The molecule has 8 nitrogen and oxygen atoms in total. The Balaban J connectivity index is 2.36. The summed E-state index contributed by atoms with van der Waals surface area (Å²) in [6.07, 6.45) is -4.90. The van der Waals surface area contributed by atoms with Crippen molar-refractivity contribution in [3.05, 3.63) is 60.2 Å². The number of nitrogens with one attached hydrogen (secondary N) is 2. The Kier molecular flexibility index (Phi) is 5.72. The third kappa shape index (κ3) is 4.23. The molecule has 6 N–H and O–H groups in total. The maximum absolute atomic E-state index is 13.3. The molecular formula is C17H14F4N6O2S. The van der Waals surface area contributed by atoms with Crippen molar-refractivity contribution in [2.75, 3.05) is 5.43 Å².